The van der Waals surface area contributed by atoms with Crippen molar-refractivity contribution in [2.24, 2.45) is 0 Å². The number of hydrogen-bond acceptors (Lipinski definition) is 3. The Morgan fingerprint density at radius 1 is 0.821 bits per heavy atom. The fourth-order valence-electron chi connectivity index (χ4n) is 3.62. The molecule has 0 bridgehead atoms. The van der Waals surface area contributed by atoms with E-state index in [1.165, 1.54) is 20.2 Å². The highest BCUT2D eigenvalue weighted by Gasteiger charge is 2.29. The number of ketones is 1. The van der Waals surface area contributed by atoms with Crippen molar-refractivity contribution < 1.29 is 9.69 Å². The molecule has 3 heterocycles. The zero-order chi connectivity index (χ0) is 19.5. The first-order chi connectivity index (χ1) is 13.6. The van der Waals surface area contributed by atoms with Gasteiger partial charge in [0.25, 0.3) is 0 Å². The molecule has 4 heteroatoms. The number of rotatable bonds is 4. The van der Waals surface area contributed by atoms with Crippen LogP contribution in [-0.2, 0) is 11.3 Å². The maximum atomic E-state index is 13.2. The first-order valence-corrected chi connectivity index (χ1v) is 11.2. The largest absolute Gasteiger partial charge is 0.323 e. The van der Waals surface area contributed by atoms with Gasteiger partial charge in [0, 0.05) is 25.1 Å². The molecule has 2 aromatic heterocycles. The van der Waals surface area contributed by atoms with Crippen LogP contribution in [0.5, 0.6) is 0 Å². The number of aryl methyl sites for hydroxylation is 2. The normalized spacial score (nSPS) is 20.2. The molecule has 28 heavy (non-hydrogen) atoms. The fraction of sp³-hybridized carbons (Fsp3) is 0.208. The van der Waals surface area contributed by atoms with E-state index < -0.39 is 0 Å². The molecule has 1 aliphatic rings. The van der Waals surface area contributed by atoms with E-state index in [9.17, 15) is 4.79 Å². The predicted octanol–water partition coefficient (Wildman–Crippen LogP) is 4.56. The van der Waals surface area contributed by atoms with E-state index >= 15 is 0 Å². The quantitative estimate of drug-likeness (QED) is 0.630. The molecule has 1 aromatic carbocycles. The Morgan fingerprint density at radius 2 is 1.36 bits per heavy atom. The second-order valence-corrected chi connectivity index (χ2v) is 9.97. The van der Waals surface area contributed by atoms with Crippen molar-refractivity contribution in [3.05, 3.63) is 90.8 Å². The van der Waals surface area contributed by atoms with E-state index in [2.05, 4.69) is 74.5 Å². The van der Waals surface area contributed by atoms with Gasteiger partial charge < -0.3 is 4.90 Å². The maximum Gasteiger partial charge on any atom is 0.196 e. The third-order valence-electron chi connectivity index (χ3n) is 4.92. The van der Waals surface area contributed by atoms with Crippen LogP contribution < -0.4 is 4.90 Å². The second kappa shape index (κ2) is 8.39. The van der Waals surface area contributed by atoms with Gasteiger partial charge in [0.1, 0.15) is 19.6 Å². The Hall–Kier alpha value is -2.27. The molecule has 142 valence electrons. The third-order valence-corrected chi connectivity index (χ3v) is 6.81. The zero-order valence-electron chi connectivity index (χ0n) is 16.2. The number of likely N-dealkylation sites (tertiary alicyclic amines) is 1. The minimum absolute atomic E-state index is 0.203. The summed E-state index contributed by atoms with van der Waals surface area (Å²) in [5.74, 6) is 0.203. The second-order valence-electron chi connectivity index (χ2n) is 7.33. The summed E-state index contributed by atoms with van der Waals surface area (Å²) in [6.45, 7) is 6.67. The number of carbonyl (C=O) groups excluding carboxylic acids is 1. The van der Waals surface area contributed by atoms with Crippen molar-refractivity contribution in [2.75, 3.05) is 13.1 Å². The topological polar surface area (TPSA) is 21.5 Å². The van der Waals surface area contributed by atoms with E-state index in [1.807, 2.05) is 6.07 Å². The van der Waals surface area contributed by atoms with Crippen LogP contribution in [0.25, 0.3) is 12.2 Å². The lowest BCUT2D eigenvalue weighted by Crippen LogP contribution is -3.12. The molecule has 0 aliphatic carbocycles. The van der Waals surface area contributed by atoms with Gasteiger partial charge in [-0.2, -0.15) is 0 Å². The van der Waals surface area contributed by atoms with Gasteiger partial charge in [0.15, 0.2) is 5.78 Å². The van der Waals surface area contributed by atoms with E-state index in [0.717, 1.165) is 40.5 Å². The average molecular weight is 407 g/mol. The molecule has 1 saturated heterocycles. The van der Waals surface area contributed by atoms with Crippen molar-refractivity contribution in [1.29, 1.82) is 0 Å². The Kier molecular flexibility index (Phi) is 5.72. The summed E-state index contributed by atoms with van der Waals surface area (Å²) in [5.41, 5.74) is 3.14. The molecule has 0 spiro atoms. The standard InChI is InChI=1S/C24H23NOS2/c1-17-8-10-22(27-17)12-20-15-25(14-19-6-4-3-5-7-19)16-21(24(20)26)13-23-11-9-18(2)28-23/h3-13H,14-16H2,1-2H3/p+1/b20-12+,21-13+. The molecule has 3 aromatic rings. The minimum Gasteiger partial charge on any atom is -0.323 e. The molecule has 1 N–H and O–H groups in total. The molecule has 4 rings (SSSR count). The summed E-state index contributed by atoms with van der Waals surface area (Å²) in [4.78, 5) is 19.5. The number of Topliss-reactive ketones (excluding diaryl/α,β-unsaturated/α-hetero) is 1. The van der Waals surface area contributed by atoms with E-state index in [0.29, 0.717) is 0 Å². The summed E-state index contributed by atoms with van der Waals surface area (Å²) >= 11 is 3.48. The predicted molar refractivity (Wildman–Crippen MR) is 120 cm³/mol. The highest BCUT2D eigenvalue weighted by molar-refractivity contribution is 7.13. The van der Waals surface area contributed by atoms with E-state index in [4.69, 9.17) is 0 Å². The van der Waals surface area contributed by atoms with E-state index in [-0.39, 0.29) is 5.78 Å². The van der Waals surface area contributed by atoms with Crippen LogP contribution in [0.2, 0.25) is 0 Å². The van der Waals surface area contributed by atoms with Crippen LogP contribution in [0.1, 0.15) is 25.1 Å². The molecule has 0 atom stereocenters. The summed E-state index contributed by atoms with van der Waals surface area (Å²) < 4.78 is 0. The monoisotopic (exact) mass is 406 g/mol. The summed E-state index contributed by atoms with van der Waals surface area (Å²) in [6, 6.07) is 19.0. The Bertz CT molecular complexity index is 977. The zero-order valence-corrected chi connectivity index (χ0v) is 17.8. The van der Waals surface area contributed by atoms with Crippen molar-refractivity contribution in [2.45, 2.75) is 20.4 Å². The van der Waals surface area contributed by atoms with Gasteiger partial charge in [-0.05, 0) is 50.3 Å². The van der Waals surface area contributed by atoms with Crippen molar-refractivity contribution in [3.63, 3.8) is 0 Å². The van der Waals surface area contributed by atoms with Gasteiger partial charge >= 0.3 is 0 Å². The van der Waals surface area contributed by atoms with Crippen molar-refractivity contribution in [3.8, 4) is 0 Å². The highest BCUT2D eigenvalue weighted by atomic mass is 32.1. The Balaban J connectivity index is 1.66. The van der Waals surface area contributed by atoms with Crippen LogP contribution >= 0.6 is 22.7 Å². The van der Waals surface area contributed by atoms with Gasteiger partial charge in [-0.1, -0.05) is 30.3 Å². The number of thiophene rings is 2. The maximum absolute atomic E-state index is 13.2. The summed E-state index contributed by atoms with van der Waals surface area (Å²) in [7, 11) is 0. The first kappa shape index (κ1) is 19.1. The number of carbonyl (C=O) groups is 1. The van der Waals surface area contributed by atoms with Crippen LogP contribution in [0.4, 0.5) is 0 Å². The van der Waals surface area contributed by atoms with Gasteiger partial charge in [-0.15, -0.1) is 22.7 Å². The van der Waals surface area contributed by atoms with Gasteiger partial charge in [0.2, 0.25) is 0 Å². The number of quaternary nitrogens is 1. The molecule has 0 unspecified atom stereocenters. The third kappa shape index (κ3) is 4.58. The first-order valence-electron chi connectivity index (χ1n) is 9.53. The number of piperidine rings is 1. The lowest BCUT2D eigenvalue weighted by Gasteiger charge is -2.27. The molecule has 0 amide bonds. The summed E-state index contributed by atoms with van der Waals surface area (Å²) in [6.07, 6.45) is 4.19. The molecular formula is C24H24NOS2+. The average Bonchev–Trinajstić information content (AvgIpc) is 3.27. The molecular weight excluding hydrogens is 382 g/mol. The van der Waals surface area contributed by atoms with Gasteiger partial charge in [0.05, 0.1) is 11.1 Å². The van der Waals surface area contributed by atoms with Crippen molar-refractivity contribution in [1.82, 2.24) is 0 Å². The SMILES string of the molecule is Cc1ccc(/C=C2\C[NH+](Cc3ccccc3)C/C(=C\c3ccc(C)s3)C2=O)s1. The molecule has 1 aliphatic heterocycles. The minimum atomic E-state index is 0.203. The smallest absolute Gasteiger partial charge is 0.196 e. The van der Waals surface area contributed by atoms with Crippen molar-refractivity contribution >= 4 is 40.6 Å². The highest BCUT2D eigenvalue weighted by Crippen LogP contribution is 2.23. The number of hydrogen-bond donors (Lipinski definition) is 1. The Morgan fingerprint density at radius 3 is 1.82 bits per heavy atom. The lowest BCUT2D eigenvalue weighted by atomic mass is 9.96. The van der Waals surface area contributed by atoms with Gasteiger partial charge in [-0.25, -0.2) is 0 Å². The summed E-state index contributed by atoms with van der Waals surface area (Å²) in [5, 5.41) is 0. The van der Waals surface area contributed by atoms with Crippen LogP contribution in [0.3, 0.4) is 0 Å². The van der Waals surface area contributed by atoms with Crippen LogP contribution in [0, 0.1) is 13.8 Å². The molecule has 0 radical (unpaired) electrons. The number of benzene rings is 1. The van der Waals surface area contributed by atoms with Crippen LogP contribution in [0.15, 0.2) is 65.7 Å². The lowest BCUT2D eigenvalue weighted by molar-refractivity contribution is -0.904. The molecule has 0 saturated carbocycles. The fourth-order valence-corrected chi connectivity index (χ4v) is 5.31. The van der Waals surface area contributed by atoms with Crippen LogP contribution in [-0.4, -0.2) is 18.9 Å². The molecule has 1 fully saturated rings. The Labute approximate surface area is 174 Å². The van der Waals surface area contributed by atoms with Gasteiger partial charge in [-0.3, -0.25) is 4.79 Å². The van der Waals surface area contributed by atoms with E-state index in [1.54, 1.807) is 22.7 Å². The molecule has 2 nitrogen and oxygen atoms in total. The number of nitrogens with one attached hydrogen (secondary N) is 1.